The number of fused-ring (bicyclic) bond motifs is 1. The highest BCUT2D eigenvalue weighted by atomic mass is 16.5. The summed E-state index contributed by atoms with van der Waals surface area (Å²) in [6.45, 7) is 0. The van der Waals surface area contributed by atoms with Crippen molar-refractivity contribution in [1.82, 2.24) is 5.16 Å². The SMILES string of the molecule is COC(=O)c1ccc2noc(O)c2c1. The van der Waals surface area contributed by atoms with Gasteiger partial charge in [0.15, 0.2) is 0 Å². The van der Waals surface area contributed by atoms with Crippen molar-refractivity contribution in [3.05, 3.63) is 23.8 Å². The van der Waals surface area contributed by atoms with Gasteiger partial charge in [-0.05, 0) is 18.2 Å². The number of methoxy groups -OCH3 is 1. The third-order valence-corrected chi connectivity index (χ3v) is 1.88. The molecular formula is C9H7NO4. The molecule has 0 aliphatic rings. The monoisotopic (exact) mass is 193 g/mol. The maximum Gasteiger partial charge on any atom is 0.337 e. The van der Waals surface area contributed by atoms with E-state index in [1.165, 1.54) is 13.2 Å². The molecule has 0 aliphatic carbocycles. The minimum atomic E-state index is -0.465. The van der Waals surface area contributed by atoms with E-state index in [0.29, 0.717) is 16.5 Å². The lowest BCUT2D eigenvalue weighted by atomic mass is 10.1. The van der Waals surface area contributed by atoms with Gasteiger partial charge in [-0.25, -0.2) is 4.79 Å². The third kappa shape index (κ3) is 1.19. The molecule has 72 valence electrons. The smallest absolute Gasteiger partial charge is 0.337 e. The summed E-state index contributed by atoms with van der Waals surface area (Å²) in [4.78, 5) is 11.1. The Balaban J connectivity index is 2.60. The Morgan fingerprint density at radius 2 is 2.36 bits per heavy atom. The first-order valence-electron chi connectivity index (χ1n) is 3.89. The van der Waals surface area contributed by atoms with Crippen molar-refractivity contribution in [2.75, 3.05) is 7.11 Å². The quantitative estimate of drug-likeness (QED) is 0.691. The summed E-state index contributed by atoms with van der Waals surface area (Å²) in [6.07, 6.45) is 0. The van der Waals surface area contributed by atoms with Gasteiger partial charge in [0.1, 0.15) is 5.52 Å². The minimum Gasteiger partial charge on any atom is -0.479 e. The third-order valence-electron chi connectivity index (χ3n) is 1.88. The predicted octanol–water partition coefficient (Wildman–Crippen LogP) is 1.32. The molecular weight excluding hydrogens is 186 g/mol. The van der Waals surface area contributed by atoms with Crippen molar-refractivity contribution in [3.8, 4) is 5.95 Å². The Morgan fingerprint density at radius 1 is 1.57 bits per heavy atom. The average Bonchev–Trinajstić information content (AvgIpc) is 2.59. The molecule has 0 fully saturated rings. The van der Waals surface area contributed by atoms with E-state index in [1.54, 1.807) is 12.1 Å². The summed E-state index contributed by atoms with van der Waals surface area (Å²) in [6, 6.07) is 4.59. The fraction of sp³-hybridized carbons (Fsp3) is 0.111. The second-order valence-corrected chi connectivity index (χ2v) is 2.71. The number of carbonyl (C=O) groups is 1. The molecule has 2 aromatic rings. The van der Waals surface area contributed by atoms with Crippen LogP contribution in [0.4, 0.5) is 0 Å². The normalized spacial score (nSPS) is 10.4. The zero-order valence-corrected chi connectivity index (χ0v) is 7.35. The van der Waals surface area contributed by atoms with E-state index in [4.69, 9.17) is 0 Å². The molecule has 1 N–H and O–H groups in total. The predicted molar refractivity (Wildman–Crippen MR) is 47.0 cm³/mol. The van der Waals surface area contributed by atoms with E-state index < -0.39 is 5.97 Å². The molecule has 0 amide bonds. The van der Waals surface area contributed by atoms with Crippen LogP contribution in [-0.4, -0.2) is 23.3 Å². The summed E-state index contributed by atoms with van der Waals surface area (Å²) in [7, 11) is 1.29. The number of hydrogen-bond donors (Lipinski definition) is 1. The van der Waals surface area contributed by atoms with Crippen molar-refractivity contribution in [2.24, 2.45) is 0 Å². The van der Waals surface area contributed by atoms with Gasteiger partial charge in [-0.3, -0.25) is 0 Å². The van der Waals surface area contributed by atoms with Gasteiger partial charge in [0, 0.05) is 0 Å². The van der Waals surface area contributed by atoms with Crippen LogP contribution in [0.3, 0.4) is 0 Å². The van der Waals surface area contributed by atoms with Crippen LogP contribution in [0.25, 0.3) is 10.9 Å². The molecule has 0 atom stereocenters. The van der Waals surface area contributed by atoms with Crippen LogP contribution in [0.2, 0.25) is 0 Å². The lowest BCUT2D eigenvalue weighted by Gasteiger charge is -1.97. The molecule has 0 saturated carbocycles. The number of esters is 1. The lowest BCUT2D eigenvalue weighted by Crippen LogP contribution is -2.00. The second-order valence-electron chi connectivity index (χ2n) is 2.71. The number of carbonyl (C=O) groups excluding carboxylic acids is 1. The van der Waals surface area contributed by atoms with Crippen LogP contribution in [0.15, 0.2) is 22.7 Å². The number of aromatic hydroxyl groups is 1. The van der Waals surface area contributed by atoms with Gasteiger partial charge in [0.05, 0.1) is 18.1 Å². The number of ether oxygens (including phenoxy) is 1. The molecule has 0 unspecified atom stereocenters. The van der Waals surface area contributed by atoms with Crippen molar-refractivity contribution < 1.29 is 19.2 Å². The van der Waals surface area contributed by atoms with E-state index in [2.05, 4.69) is 14.4 Å². The maximum absolute atomic E-state index is 11.1. The molecule has 0 bridgehead atoms. The summed E-state index contributed by atoms with van der Waals surface area (Å²) < 4.78 is 9.07. The molecule has 2 rings (SSSR count). The Hall–Kier alpha value is -2.04. The molecule has 0 aliphatic heterocycles. The molecule has 0 saturated heterocycles. The highest BCUT2D eigenvalue weighted by molar-refractivity contribution is 5.95. The van der Waals surface area contributed by atoms with Crippen LogP contribution in [-0.2, 0) is 4.74 Å². The zero-order chi connectivity index (χ0) is 10.1. The molecule has 1 aromatic carbocycles. The van der Waals surface area contributed by atoms with Gasteiger partial charge in [0.2, 0.25) is 0 Å². The fourth-order valence-corrected chi connectivity index (χ4v) is 1.17. The number of aromatic nitrogens is 1. The van der Waals surface area contributed by atoms with Gasteiger partial charge < -0.3 is 14.4 Å². The van der Waals surface area contributed by atoms with E-state index in [1.807, 2.05) is 0 Å². The van der Waals surface area contributed by atoms with E-state index in [-0.39, 0.29) is 5.95 Å². The average molecular weight is 193 g/mol. The van der Waals surface area contributed by atoms with Gasteiger partial charge in [-0.1, -0.05) is 5.16 Å². The topological polar surface area (TPSA) is 72.6 Å². The van der Waals surface area contributed by atoms with Crippen LogP contribution < -0.4 is 0 Å². The zero-order valence-electron chi connectivity index (χ0n) is 7.35. The summed E-state index contributed by atoms with van der Waals surface area (Å²) >= 11 is 0. The van der Waals surface area contributed by atoms with Crippen LogP contribution in [0.1, 0.15) is 10.4 Å². The second kappa shape index (κ2) is 3.02. The molecule has 1 heterocycles. The first-order valence-corrected chi connectivity index (χ1v) is 3.89. The van der Waals surface area contributed by atoms with Gasteiger partial charge in [-0.2, -0.15) is 0 Å². The first-order chi connectivity index (χ1) is 6.72. The first kappa shape index (κ1) is 8.55. The Bertz CT molecular complexity index is 489. The Labute approximate surface area is 78.9 Å². The molecule has 14 heavy (non-hydrogen) atoms. The van der Waals surface area contributed by atoms with E-state index >= 15 is 0 Å². The molecule has 0 spiro atoms. The van der Waals surface area contributed by atoms with Gasteiger partial charge in [-0.15, -0.1) is 0 Å². The summed E-state index contributed by atoms with van der Waals surface area (Å²) in [5.41, 5.74) is 0.841. The van der Waals surface area contributed by atoms with Crippen molar-refractivity contribution in [1.29, 1.82) is 0 Å². The summed E-state index contributed by atoms with van der Waals surface area (Å²) in [5.74, 6) is -0.766. The van der Waals surface area contributed by atoms with Crippen LogP contribution >= 0.6 is 0 Å². The largest absolute Gasteiger partial charge is 0.479 e. The Morgan fingerprint density at radius 3 is 3.07 bits per heavy atom. The summed E-state index contributed by atoms with van der Waals surface area (Å²) in [5, 5.41) is 13.2. The fourth-order valence-electron chi connectivity index (χ4n) is 1.17. The van der Waals surface area contributed by atoms with Crippen molar-refractivity contribution >= 4 is 16.9 Å². The standard InChI is InChI=1S/C9H7NO4/c1-13-8(11)5-2-3-7-6(4-5)9(12)14-10-7/h2-4,12H,1H3. The van der Waals surface area contributed by atoms with Gasteiger partial charge in [0.25, 0.3) is 0 Å². The molecule has 5 nitrogen and oxygen atoms in total. The molecule has 5 heteroatoms. The highest BCUT2D eigenvalue weighted by Gasteiger charge is 2.11. The van der Waals surface area contributed by atoms with Crippen molar-refractivity contribution in [3.63, 3.8) is 0 Å². The van der Waals surface area contributed by atoms with Crippen LogP contribution in [0, 0.1) is 0 Å². The van der Waals surface area contributed by atoms with E-state index in [9.17, 15) is 9.90 Å². The molecule has 1 aromatic heterocycles. The van der Waals surface area contributed by atoms with Crippen LogP contribution in [0.5, 0.6) is 5.95 Å². The Kier molecular flexibility index (Phi) is 1.85. The number of hydrogen-bond acceptors (Lipinski definition) is 5. The maximum atomic E-state index is 11.1. The highest BCUT2D eigenvalue weighted by Crippen LogP contribution is 2.24. The number of nitrogens with zero attached hydrogens (tertiary/aromatic N) is 1. The minimum absolute atomic E-state index is 0.300. The number of benzene rings is 1. The van der Waals surface area contributed by atoms with E-state index in [0.717, 1.165) is 0 Å². The number of rotatable bonds is 1. The van der Waals surface area contributed by atoms with Crippen molar-refractivity contribution in [2.45, 2.75) is 0 Å². The van der Waals surface area contributed by atoms with Gasteiger partial charge >= 0.3 is 11.9 Å². The molecule has 0 radical (unpaired) electrons. The lowest BCUT2D eigenvalue weighted by molar-refractivity contribution is 0.0601.